The van der Waals surface area contributed by atoms with Gasteiger partial charge in [0.2, 0.25) is 0 Å². The van der Waals surface area contributed by atoms with Crippen LogP contribution in [0.5, 0.6) is 0 Å². The van der Waals surface area contributed by atoms with Crippen LogP contribution in [0.4, 0.5) is 5.69 Å². The maximum Gasteiger partial charge on any atom is 0.302 e. The number of aromatic nitrogens is 2. The van der Waals surface area contributed by atoms with Crippen molar-refractivity contribution in [3.63, 3.8) is 0 Å². The molecule has 2 heterocycles. The Balaban J connectivity index is 2.22. The molecular weight excluding hydrogens is 268 g/mol. The van der Waals surface area contributed by atoms with Gasteiger partial charge in [-0.05, 0) is 26.7 Å². The van der Waals surface area contributed by atoms with E-state index in [0.717, 1.165) is 12.8 Å². The summed E-state index contributed by atoms with van der Waals surface area (Å²) in [7, 11) is -3.65. The van der Waals surface area contributed by atoms with E-state index < -0.39 is 10.2 Å². The first-order valence-electron chi connectivity index (χ1n) is 6.37. The lowest BCUT2D eigenvalue weighted by Gasteiger charge is -2.33. The smallest absolute Gasteiger partial charge is 0.302 e. The number of aromatic amines is 1. The van der Waals surface area contributed by atoms with Crippen LogP contribution in [0.25, 0.3) is 0 Å². The van der Waals surface area contributed by atoms with Gasteiger partial charge in [-0.1, -0.05) is 6.42 Å². The minimum atomic E-state index is -3.65. The zero-order valence-electron chi connectivity index (χ0n) is 11.2. The monoisotopic (exact) mass is 288 g/mol. The van der Waals surface area contributed by atoms with Crippen LogP contribution < -0.4 is 4.72 Å². The first-order chi connectivity index (χ1) is 8.95. The Bertz CT molecular complexity index is 521. The maximum atomic E-state index is 12.4. The highest BCUT2D eigenvalue weighted by Gasteiger charge is 2.32. The lowest BCUT2D eigenvalue weighted by atomic mass is 10.1. The Hall–Kier alpha value is -1.12. The van der Waals surface area contributed by atoms with E-state index in [1.54, 1.807) is 13.8 Å². The lowest BCUT2D eigenvalue weighted by molar-refractivity contribution is 0.156. The van der Waals surface area contributed by atoms with Crippen LogP contribution in [0, 0.1) is 13.8 Å². The van der Waals surface area contributed by atoms with Crippen molar-refractivity contribution in [2.45, 2.75) is 39.2 Å². The molecule has 2 rings (SSSR count). The van der Waals surface area contributed by atoms with Gasteiger partial charge < -0.3 is 5.11 Å². The first-order valence-corrected chi connectivity index (χ1v) is 7.81. The standard InChI is InChI=1S/C11H20N4O3S/c1-8-11(9(2)13-12-8)14-19(17,18)15-6-4-3-5-10(15)7-16/h10,14,16H,3-7H2,1-2H3,(H,12,13). The summed E-state index contributed by atoms with van der Waals surface area (Å²) >= 11 is 0. The van der Waals surface area contributed by atoms with E-state index in [1.807, 2.05) is 0 Å². The molecule has 0 spiro atoms. The number of rotatable bonds is 4. The van der Waals surface area contributed by atoms with E-state index in [9.17, 15) is 13.5 Å². The predicted molar refractivity (Wildman–Crippen MR) is 72.0 cm³/mol. The zero-order chi connectivity index (χ0) is 14.0. The molecule has 1 aromatic rings. The van der Waals surface area contributed by atoms with Crippen LogP contribution in [0.3, 0.4) is 0 Å². The highest BCUT2D eigenvalue weighted by atomic mass is 32.2. The number of aliphatic hydroxyl groups is 1. The zero-order valence-corrected chi connectivity index (χ0v) is 12.0. The molecule has 1 saturated heterocycles. The molecule has 0 aliphatic carbocycles. The number of nitrogens with zero attached hydrogens (tertiary/aromatic N) is 2. The summed E-state index contributed by atoms with van der Waals surface area (Å²) in [6.07, 6.45) is 2.46. The second-order valence-electron chi connectivity index (χ2n) is 4.86. The molecule has 1 aliphatic heterocycles. The number of aryl methyl sites for hydroxylation is 2. The topological polar surface area (TPSA) is 98.3 Å². The third kappa shape index (κ3) is 2.90. The molecule has 19 heavy (non-hydrogen) atoms. The molecular formula is C11H20N4O3S. The molecule has 108 valence electrons. The second kappa shape index (κ2) is 5.48. The fourth-order valence-corrected chi connectivity index (χ4v) is 3.97. The molecule has 7 nitrogen and oxygen atoms in total. The van der Waals surface area contributed by atoms with Gasteiger partial charge in [0.25, 0.3) is 0 Å². The Kier molecular flexibility index (Phi) is 4.12. The molecule has 1 aromatic heterocycles. The van der Waals surface area contributed by atoms with Crippen LogP contribution in [-0.2, 0) is 10.2 Å². The highest BCUT2D eigenvalue weighted by Crippen LogP contribution is 2.24. The molecule has 1 aliphatic rings. The maximum absolute atomic E-state index is 12.4. The molecule has 3 N–H and O–H groups in total. The molecule has 0 saturated carbocycles. The van der Waals surface area contributed by atoms with Crippen molar-refractivity contribution in [1.29, 1.82) is 0 Å². The van der Waals surface area contributed by atoms with E-state index in [4.69, 9.17) is 0 Å². The van der Waals surface area contributed by atoms with Gasteiger partial charge in [0.1, 0.15) is 0 Å². The highest BCUT2D eigenvalue weighted by molar-refractivity contribution is 7.90. The van der Waals surface area contributed by atoms with Gasteiger partial charge in [0.15, 0.2) is 0 Å². The van der Waals surface area contributed by atoms with Gasteiger partial charge in [0, 0.05) is 12.6 Å². The fraction of sp³-hybridized carbons (Fsp3) is 0.727. The van der Waals surface area contributed by atoms with Crippen LogP contribution in [0.15, 0.2) is 0 Å². The third-order valence-corrected chi connectivity index (χ3v) is 5.01. The number of nitrogens with one attached hydrogen (secondary N) is 2. The second-order valence-corrected chi connectivity index (χ2v) is 6.48. The van der Waals surface area contributed by atoms with E-state index in [-0.39, 0.29) is 12.6 Å². The van der Waals surface area contributed by atoms with Crippen molar-refractivity contribution in [2.75, 3.05) is 17.9 Å². The molecule has 0 amide bonds. The van der Waals surface area contributed by atoms with E-state index in [0.29, 0.717) is 30.0 Å². The lowest BCUT2D eigenvalue weighted by Crippen LogP contribution is -2.48. The molecule has 0 bridgehead atoms. The summed E-state index contributed by atoms with van der Waals surface area (Å²) in [5.41, 5.74) is 1.78. The van der Waals surface area contributed by atoms with Crippen LogP contribution >= 0.6 is 0 Å². The third-order valence-electron chi connectivity index (χ3n) is 3.45. The van der Waals surface area contributed by atoms with Crippen molar-refractivity contribution in [3.05, 3.63) is 11.4 Å². The van der Waals surface area contributed by atoms with Crippen molar-refractivity contribution >= 4 is 15.9 Å². The summed E-state index contributed by atoms with van der Waals surface area (Å²) < 4.78 is 28.7. The molecule has 1 unspecified atom stereocenters. The Morgan fingerprint density at radius 3 is 2.79 bits per heavy atom. The van der Waals surface area contributed by atoms with Crippen LogP contribution in [0.1, 0.15) is 30.7 Å². The molecule has 8 heteroatoms. The fourth-order valence-electron chi connectivity index (χ4n) is 2.36. The minimum Gasteiger partial charge on any atom is -0.395 e. The van der Waals surface area contributed by atoms with E-state index >= 15 is 0 Å². The summed E-state index contributed by atoms with van der Waals surface area (Å²) in [6.45, 7) is 3.79. The van der Waals surface area contributed by atoms with Crippen molar-refractivity contribution in [1.82, 2.24) is 14.5 Å². The average molecular weight is 288 g/mol. The minimum absolute atomic E-state index is 0.149. The summed E-state index contributed by atoms with van der Waals surface area (Å²) in [4.78, 5) is 0. The SMILES string of the molecule is Cc1n[nH]c(C)c1NS(=O)(=O)N1CCCCC1CO. The predicted octanol–water partition coefficient (Wildman–Crippen LogP) is 0.530. The van der Waals surface area contributed by atoms with Gasteiger partial charge in [-0.15, -0.1) is 0 Å². The summed E-state index contributed by atoms with van der Waals surface area (Å²) in [5.74, 6) is 0. The number of hydrogen-bond acceptors (Lipinski definition) is 4. The van der Waals surface area contributed by atoms with E-state index in [1.165, 1.54) is 4.31 Å². The molecule has 0 radical (unpaired) electrons. The van der Waals surface area contributed by atoms with Crippen molar-refractivity contribution < 1.29 is 13.5 Å². The first kappa shape index (κ1) is 14.3. The van der Waals surface area contributed by atoms with Crippen LogP contribution in [-0.4, -0.2) is 47.2 Å². The molecule has 1 atom stereocenters. The van der Waals surface area contributed by atoms with Gasteiger partial charge in [-0.2, -0.15) is 17.8 Å². The van der Waals surface area contributed by atoms with E-state index in [2.05, 4.69) is 14.9 Å². The number of aliphatic hydroxyl groups excluding tert-OH is 1. The summed E-state index contributed by atoms with van der Waals surface area (Å²) in [6, 6.07) is -0.334. The molecule has 1 fully saturated rings. The largest absolute Gasteiger partial charge is 0.395 e. The van der Waals surface area contributed by atoms with Crippen molar-refractivity contribution in [3.8, 4) is 0 Å². The quantitative estimate of drug-likeness (QED) is 0.752. The normalized spacial score (nSPS) is 21.5. The number of anilines is 1. The van der Waals surface area contributed by atoms with Gasteiger partial charge in [-0.3, -0.25) is 9.82 Å². The Labute approximate surface area is 113 Å². The van der Waals surface area contributed by atoms with Gasteiger partial charge in [0.05, 0.1) is 23.7 Å². The summed E-state index contributed by atoms with van der Waals surface area (Å²) in [5, 5.41) is 16.0. The average Bonchev–Trinajstić information content (AvgIpc) is 2.70. The van der Waals surface area contributed by atoms with Gasteiger partial charge >= 0.3 is 10.2 Å². The number of piperidine rings is 1. The Morgan fingerprint density at radius 1 is 1.47 bits per heavy atom. The van der Waals surface area contributed by atoms with Crippen LogP contribution in [0.2, 0.25) is 0 Å². The number of hydrogen-bond donors (Lipinski definition) is 3. The molecule has 0 aromatic carbocycles. The van der Waals surface area contributed by atoms with Gasteiger partial charge in [-0.25, -0.2) is 0 Å². The van der Waals surface area contributed by atoms with Crippen molar-refractivity contribution in [2.24, 2.45) is 0 Å². The Morgan fingerprint density at radius 2 is 2.21 bits per heavy atom. The number of H-pyrrole nitrogens is 1.